The molecule has 2 aromatic carbocycles. The number of methoxy groups -OCH3 is 1. The second-order valence-electron chi connectivity index (χ2n) is 7.63. The lowest BCUT2D eigenvalue weighted by molar-refractivity contribution is 0.199. The normalized spacial score (nSPS) is 11.6. The zero-order valence-corrected chi connectivity index (χ0v) is 17.4. The second kappa shape index (κ2) is 7.62. The van der Waals surface area contributed by atoms with Crippen LogP contribution in [0.25, 0.3) is 22.0 Å². The van der Waals surface area contributed by atoms with Crippen LogP contribution in [0.1, 0.15) is 27.7 Å². The van der Waals surface area contributed by atoms with Gasteiger partial charge in [-0.15, -0.1) is 0 Å². The van der Waals surface area contributed by atoms with E-state index in [2.05, 4.69) is 33.7 Å². The molecule has 3 N–H and O–H groups in total. The van der Waals surface area contributed by atoms with E-state index >= 15 is 0 Å². The number of H-pyrrole nitrogens is 2. The fourth-order valence-corrected chi connectivity index (χ4v) is 3.44. The monoisotopic (exact) mass is 393 g/mol. The molecule has 29 heavy (non-hydrogen) atoms. The van der Waals surface area contributed by atoms with Crippen molar-refractivity contribution in [1.29, 1.82) is 0 Å². The molecule has 0 spiro atoms. The first-order valence-corrected chi connectivity index (χ1v) is 9.85. The van der Waals surface area contributed by atoms with Gasteiger partial charge in [0.05, 0.1) is 25.0 Å². The van der Waals surface area contributed by atoms with Gasteiger partial charge in [-0.2, -0.15) is 0 Å². The number of aromatic nitrogens is 2. The molecular weight excluding hydrogens is 366 g/mol. The van der Waals surface area contributed by atoms with Crippen molar-refractivity contribution in [1.82, 2.24) is 10.2 Å². The van der Waals surface area contributed by atoms with Crippen LogP contribution in [-0.2, 0) is 0 Å². The van der Waals surface area contributed by atoms with Gasteiger partial charge in [0, 0.05) is 22.7 Å². The molecule has 152 valence electrons. The smallest absolute Gasteiger partial charge is 0.162 e. The van der Waals surface area contributed by atoms with Crippen molar-refractivity contribution >= 4 is 22.3 Å². The van der Waals surface area contributed by atoms with Crippen LogP contribution in [0.4, 0.5) is 11.5 Å². The van der Waals surface area contributed by atoms with Crippen LogP contribution >= 0.6 is 0 Å². The van der Waals surface area contributed by atoms with Crippen LogP contribution in [0, 0.1) is 0 Å². The molecular formula is C23H27N3O3. The molecule has 0 amide bonds. The maximum Gasteiger partial charge on any atom is 0.162 e. The summed E-state index contributed by atoms with van der Waals surface area (Å²) in [6.07, 6.45) is 0.133. The number of aromatic amines is 2. The van der Waals surface area contributed by atoms with Crippen molar-refractivity contribution in [2.45, 2.75) is 39.9 Å². The number of benzene rings is 2. The number of anilines is 2. The fraction of sp³-hybridized carbons (Fsp3) is 0.304. The van der Waals surface area contributed by atoms with E-state index in [1.165, 1.54) is 0 Å². The third-order valence-corrected chi connectivity index (χ3v) is 4.60. The molecule has 0 atom stereocenters. The summed E-state index contributed by atoms with van der Waals surface area (Å²) < 4.78 is 17.3. The lowest BCUT2D eigenvalue weighted by Gasteiger charge is -2.17. The van der Waals surface area contributed by atoms with E-state index in [9.17, 15) is 0 Å². The summed E-state index contributed by atoms with van der Waals surface area (Å²) in [6, 6.07) is 14.1. The third kappa shape index (κ3) is 3.83. The Morgan fingerprint density at radius 1 is 0.862 bits per heavy atom. The summed E-state index contributed by atoms with van der Waals surface area (Å²) in [4.78, 5) is 0. The van der Waals surface area contributed by atoms with Crippen LogP contribution in [0.15, 0.2) is 42.5 Å². The lowest BCUT2D eigenvalue weighted by atomic mass is 10.2. The Kier molecular flexibility index (Phi) is 5.01. The first-order valence-electron chi connectivity index (χ1n) is 9.85. The molecule has 0 unspecified atom stereocenters. The lowest BCUT2D eigenvalue weighted by Crippen LogP contribution is -2.10. The van der Waals surface area contributed by atoms with Crippen molar-refractivity contribution in [2.75, 3.05) is 12.4 Å². The highest BCUT2D eigenvalue weighted by atomic mass is 16.5. The average Bonchev–Trinajstić information content (AvgIpc) is 3.21. The van der Waals surface area contributed by atoms with Gasteiger partial charge in [0.2, 0.25) is 0 Å². The Hall–Kier alpha value is -3.28. The predicted octanol–water partition coefficient (Wildman–Crippen LogP) is 5.93. The molecule has 0 bridgehead atoms. The molecule has 6 heteroatoms. The van der Waals surface area contributed by atoms with Crippen LogP contribution in [0.5, 0.6) is 17.2 Å². The van der Waals surface area contributed by atoms with Gasteiger partial charge >= 0.3 is 0 Å². The summed E-state index contributed by atoms with van der Waals surface area (Å²) in [5.74, 6) is 3.22. The topological polar surface area (TPSA) is 71.3 Å². The molecule has 1 aliphatic carbocycles. The maximum absolute atomic E-state index is 6.02. The number of hydrogen-bond acceptors (Lipinski definition) is 4. The van der Waals surface area contributed by atoms with Crippen molar-refractivity contribution in [3.8, 4) is 28.5 Å². The van der Waals surface area contributed by atoms with Gasteiger partial charge in [-0.25, -0.2) is 0 Å². The summed E-state index contributed by atoms with van der Waals surface area (Å²) in [5.41, 5.74) is 3.04. The molecule has 0 saturated carbocycles. The summed E-state index contributed by atoms with van der Waals surface area (Å²) in [6.45, 7) is 8.07. The first-order chi connectivity index (χ1) is 13.9. The average molecular weight is 393 g/mol. The number of hydrogen-bond donors (Lipinski definition) is 3. The molecule has 0 fully saturated rings. The van der Waals surface area contributed by atoms with E-state index in [0.717, 1.165) is 50.8 Å². The van der Waals surface area contributed by atoms with Crippen LogP contribution in [0.2, 0.25) is 0 Å². The van der Waals surface area contributed by atoms with Gasteiger partial charge in [0.25, 0.3) is 0 Å². The zero-order chi connectivity index (χ0) is 20.5. The second-order valence-corrected chi connectivity index (χ2v) is 7.63. The number of rotatable bonds is 7. The molecule has 1 aliphatic heterocycles. The molecule has 2 aromatic rings. The predicted molar refractivity (Wildman–Crippen MR) is 117 cm³/mol. The highest BCUT2D eigenvalue weighted by molar-refractivity contribution is 6.05. The number of fused-ring (bicyclic) bond motifs is 3. The standard InChI is InChI=1S/C23H27N3O3/c1-13(2)28-20-10-15-9-19-22(18(15)12-21(20)29-14(3)4)25-26-23(19)24-16-7-6-8-17(11-16)27-5/h6-14,24-26H,1-5H3. The minimum Gasteiger partial charge on any atom is -0.497 e. The minimum absolute atomic E-state index is 0.0629. The van der Waals surface area contributed by atoms with Crippen molar-refractivity contribution in [3.05, 3.63) is 42.5 Å². The number of ether oxygens (including phenoxy) is 3. The van der Waals surface area contributed by atoms with E-state index in [-0.39, 0.29) is 12.2 Å². The fourth-order valence-electron chi connectivity index (χ4n) is 3.44. The van der Waals surface area contributed by atoms with Gasteiger partial charge in [-0.1, -0.05) is 6.07 Å². The molecule has 2 aliphatic rings. The molecule has 0 radical (unpaired) electrons. The maximum atomic E-state index is 6.02. The minimum atomic E-state index is 0.0629. The summed E-state index contributed by atoms with van der Waals surface area (Å²) >= 11 is 0. The van der Waals surface area contributed by atoms with E-state index in [1.807, 2.05) is 52.0 Å². The molecule has 0 saturated heterocycles. The highest BCUT2D eigenvalue weighted by Gasteiger charge is 2.20. The third-order valence-electron chi connectivity index (χ3n) is 4.60. The van der Waals surface area contributed by atoms with Gasteiger partial charge in [0.15, 0.2) is 11.5 Å². The van der Waals surface area contributed by atoms with E-state index in [1.54, 1.807) is 7.11 Å². The zero-order valence-electron chi connectivity index (χ0n) is 17.4. The molecule has 4 rings (SSSR count). The van der Waals surface area contributed by atoms with E-state index in [0.29, 0.717) is 0 Å². The van der Waals surface area contributed by atoms with Gasteiger partial charge in [-0.3, -0.25) is 10.2 Å². The SMILES string of the molecule is COc1cccc(Nc2[nH][nH]c3c4cc(OC(C)C)c(OC(C)C)cc4cc2-3)c1. The van der Waals surface area contributed by atoms with Gasteiger partial charge in [-0.05, 0) is 63.4 Å². The summed E-state index contributed by atoms with van der Waals surface area (Å²) in [7, 11) is 1.66. The van der Waals surface area contributed by atoms with Crippen LogP contribution in [-0.4, -0.2) is 29.5 Å². The Balaban J connectivity index is 1.74. The summed E-state index contributed by atoms with van der Waals surface area (Å²) in [5, 5.41) is 12.1. The van der Waals surface area contributed by atoms with E-state index in [4.69, 9.17) is 14.2 Å². The Labute approximate surface area is 170 Å². The van der Waals surface area contributed by atoms with E-state index < -0.39 is 0 Å². The highest BCUT2D eigenvalue weighted by Crippen LogP contribution is 2.43. The number of nitrogens with one attached hydrogen (secondary N) is 3. The van der Waals surface area contributed by atoms with Gasteiger partial charge in [0.1, 0.15) is 11.6 Å². The molecule has 1 heterocycles. The largest absolute Gasteiger partial charge is 0.497 e. The first kappa shape index (κ1) is 19.1. The molecule has 6 nitrogen and oxygen atoms in total. The van der Waals surface area contributed by atoms with Crippen LogP contribution in [0.3, 0.4) is 0 Å². The Bertz CT molecular complexity index is 1090. The quantitative estimate of drug-likeness (QED) is 0.364. The van der Waals surface area contributed by atoms with Crippen molar-refractivity contribution in [2.24, 2.45) is 0 Å². The van der Waals surface area contributed by atoms with Crippen LogP contribution < -0.4 is 19.5 Å². The Morgan fingerprint density at radius 3 is 2.28 bits per heavy atom. The van der Waals surface area contributed by atoms with Gasteiger partial charge < -0.3 is 19.5 Å². The van der Waals surface area contributed by atoms with Crippen molar-refractivity contribution in [3.63, 3.8) is 0 Å². The molecule has 0 aromatic heterocycles. The Morgan fingerprint density at radius 2 is 1.59 bits per heavy atom. The van der Waals surface area contributed by atoms with Crippen molar-refractivity contribution < 1.29 is 14.2 Å².